The van der Waals surface area contributed by atoms with Crippen LogP contribution in [0, 0.1) is 17.3 Å². The van der Waals surface area contributed by atoms with Crippen molar-refractivity contribution in [2.45, 2.75) is 72.8 Å². The molecule has 0 heterocycles. The minimum atomic E-state index is 0.501. The van der Waals surface area contributed by atoms with Gasteiger partial charge in [-0.25, -0.2) is 0 Å². The van der Waals surface area contributed by atoms with Gasteiger partial charge >= 0.3 is 0 Å². The molecule has 0 spiro atoms. The number of thioether (sulfide) groups is 1. The van der Waals surface area contributed by atoms with Crippen molar-refractivity contribution in [2.24, 2.45) is 17.3 Å². The molecule has 1 saturated carbocycles. The van der Waals surface area contributed by atoms with Crippen molar-refractivity contribution < 1.29 is 0 Å². The Morgan fingerprint density at radius 1 is 1.21 bits per heavy atom. The lowest BCUT2D eigenvalue weighted by molar-refractivity contribution is 0.0871. The van der Waals surface area contributed by atoms with Gasteiger partial charge in [-0.3, -0.25) is 0 Å². The molecule has 3 unspecified atom stereocenters. The Hall–Kier alpha value is 0.310. The topological polar surface area (TPSA) is 12.0 Å². The van der Waals surface area contributed by atoms with Crippen molar-refractivity contribution in [1.82, 2.24) is 5.32 Å². The summed E-state index contributed by atoms with van der Waals surface area (Å²) in [6, 6.07) is 0.752. The number of hydrogen-bond donors (Lipinski definition) is 1. The molecule has 0 amide bonds. The first-order valence-electron chi connectivity index (χ1n) is 8.32. The summed E-state index contributed by atoms with van der Waals surface area (Å²) in [5.74, 6) is 4.39. The third-order valence-electron chi connectivity index (χ3n) is 4.90. The van der Waals surface area contributed by atoms with E-state index in [0.717, 1.165) is 24.4 Å². The molecule has 3 atom stereocenters. The largest absolute Gasteiger partial charge is 0.314 e. The maximum atomic E-state index is 3.77. The summed E-state index contributed by atoms with van der Waals surface area (Å²) < 4.78 is 0. The molecule has 1 N–H and O–H groups in total. The number of hydrogen-bond acceptors (Lipinski definition) is 2. The molecule has 0 aromatic carbocycles. The molecule has 0 aromatic rings. The first kappa shape index (κ1) is 17.4. The molecule has 0 aromatic heterocycles. The van der Waals surface area contributed by atoms with Crippen LogP contribution < -0.4 is 5.32 Å². The summed E-state index contributed by atoms with van der Waals surface area (Å²) in [7, 11) is 0. The molecule has 0 bridgehead atoms. The van der Waals surface area contributed by atoms with Gasteiger partial charge in [-0.15, -0.1) is 0 Å². The Labute approximate surface area is 125 Å². The molecule has 1 nitrogen and oxygen atoms in total. The van der Waals surface area contributed by atoms with Crippen molar-refractivity contribution in [1.29, 1.82) is 0 Å². The lowest BCUT2D eigenvalue weighted by Crippen LogP contribution is -2.46. The first-order chi connectivity index (χ1) is 9.01. The van der Waals surface area contributed by atoms with Crippen LogP contribution in [-0.4, -0.2) is 24.1 Å². The van der Waals surface area contributed by atoms with Gasteiger partial charge < -0.3 is 5.32 Å². The second kappa shape index (κ2) is 8.56. The SMILES string of the molecule is CCNC1CC(C)CCC1C(C)(C)CCCSCC. The van der Waals surface area contributed by atoms with Crippen LogP contribution in [0.25, 0.3) is 0 Å². The molecular formula is C17H35NS. The van der Waals surface area contributed by atoms with Crippen LogP contribution in [0.4, 0.5) is 0 Å². The van der Waals surface area contributed by atoms with E-state index in [4.69, 9.17) is 0 Å². The van der Waals surface area contributed by atoms with E-state index < -0.39 is 0 Å². The van der Waals surface area contributed by atoms with Crippen LogP contribution in [0.2, 0.25) is 0 Å². The van der Waals surface area contributed by atoms with Crippen molar-refractivity contribution in [3.8, 4) is 0 Å². The highest BCUT2D eigenvalue weighted by molar-refractivity contribution is 7.99. The van der Waals surface area contributed by atoms with Crippen molar-refractivity contribution in [3.63, 3.8) is 0 Å². The minimum absolute atomic E-state index is 0.501. The molecule has 1 fully saturated rings. The second-order valence-corrected chi connectivity index (χ2v) is 8.37. The second-order valence-electron chi connectivity index (χ2n) is 6.98. The highest BCUT2D eigenvalue weighted by Gasteiger charge is 2.37. The van der Waals surface area contributed by atoms with Gasteiger partial charge in [-0.2, -0.15) is 11.8 Å². The van der Waals surface area contributed by atoms with Crippen LogP contribution in [0.15, 0.2) is 0 Å². The van der Waals surface area contributed by atoms with Crippen LogP contribution in [0.3, 0.4) is 0 Å². The zero-order chi connectivity index (χ0) is 14.3. The highest BCUT2D eigenvalue weighted by Crippen LogP contribution is 2.43. The fraction of sp³-hybridized carbons (Fsp3) is 1.00. The molecule has 0 radical (unpaired) electrons. The zero-order valence-corrected chi connectivity index (χ0v) is 14.6. The van der Waals surface area contributed by atoms with E-state index in [1.54, 1.807) is 0 Å². The van der Waals surface area contributed by atoms with Gasteiger partial charge in [-0.05, 0) is 61.0 Å². The monoisotopic (exact) mass is 285 g/mol. The van der Waals surface area contributed by atoms with Gasteiger partial charge in [0.2, 0.25) is 0 Å². The summed E-state index contributed by atoms with van der Waals surface area (Å²) in [4.78, 5) is 0. The van der Waals surface area contributed by atoms with E-state index in [2.05, 4.69) is 51.7 Å². The molecule has 19 heavy (non-hydrogen) atoms. The normalized spacial score (nSPS) is 28.6. The lowest BCUT2D eigenvalue weighted by Gasteiger charge is -2.45. The van der Waals surface area contributed by atoms with Crippen LogP contribution in [-0.2, 0) is 0 Å². The summed E-state index contributed by atoms with van der Waals surface area (Å²) >= 11 is 2.09. The van der Waals surface area contributed by atoms with Gasteiger partial charge in [0.05, 0.1) is 0 Å². The lowest BCUT2D eigenvalue weighted by atomic mass is 9.64. The van der Waals surface area contributed by atoms with Gasteiger partial charge in [0.1, 0.15) is 0 Å². The zero-order valence-electron chi connectivity index (χ0n) is 13.8. The molecule has 1 aliphatic carbocycles. The van der Waals surface area contributed by atoms with Gasteiger partial charge in [0, 0.05) is 6.04 Å². The fourth-order valence-corrected chi connectivity index (χ4v) is 4.40. The predicted octanol–water partition coefficient (Wildman–Crippen LogP) is 4.96. The van der Waals surface area contributed by atoms with Crippen LogP contribution in [0.1, 0.15) is 66.7 Å². The first-order valence-corrected chi connectivity index (χ1v) is 9.47. The van der Waals surface area contributed by atoms with Crippen molar-refractivity contribution in [3.05, 3.63) is 0 Å². The Balaban J connectivity index is 2.52. The smallest absolute Gasteiger partial charge is 0.0103 e. The summed E-state index contributed by atoms with van der Waals surface area (Å²) in [5.41, 5.74) is 0.501. The predicted molar refractivity (Wildman–Crippen MR) is 90.0 cm³/mol. The minimum Gasteiger partial charge on any atom is -0.314 e. The van der Waals surface area contributed by atoms with Gasteiger partial charge in [0.25, 0.3) is 0 Å². The van der Waals surface area contributed by atoms with E-state index in [1.807, 2.05) is 0 Å². The fourth-order valence-electron chi connectivity index (χ4n) is 3.76. The third kappa shape index (κ3) is 5.67. The van der Waals surface area contributed by atoms with Crippen LogP contribution in [0.5, 0.6) is 0 Å². The van der Waals surface area contributed by atoms with Gasteiger partial charge in [0.15, 0.2) is 0 Å². The molecule has 2 heteroatoms. The summed E-state index contributed by atoms with van der Waals surface area (Å²) in [5, 5.41) is 3.77. The van der Waals surface area contributed by atoms with Crippen LogP contribution >= 0.6 is 11.8 Å². The highest BCUT2D eigenvalue weighted by atomic mass is 32.2. The van der Waals surface area contributed by atoms with E-state index in [-0.39, 0.29) is 0 Å². The van der Waals surface area contributed by atoms with E-state index in [9.17, 15) is 0 Å². The van der Waals surface area contributed by atoms with E-state index >= 15 is 0 Å². The molecule has 0 saturated heterocycles. The summed E-state index contributed by atoms with van der Waals surface area (Å²) in [6.45, 7) is 13.1. The Kier molecular flexibility index (Phi) is 7.83. The Morgan fingerprint density at radius 3 is 2.58 bits per heavy atom. The number of rotatable bonds is 8. The molecule has 1 rings (SSSR count). The van der Waals surface area contributed by atoms with E-state index in [1.165, 1.54) is 43.6 Å². The average Bonchev–Trinajstić information content (AvgIpc) is 2.35. The van der Waals surface area contributed by atoms with E-state index in [0.29, 0.717) is 5.41 Å². The Morgan fingerprint density at radius 2 is 1.95 bits per heavy atom. The molecule has 1 aliphatic rings. The third-order valence-corrected chi connectivity index (χ3v) is 5.88. The average molecular weight is 286 g/mol. The maximum absolute atomic E-state index is 3.77. The van der Waals surface area contributed by atoms with Crippen molar-refractivity contribution in [2.75, 3.05) is 18.1 Å². The molecule has 0 aliphatic heterocycles. The van der Waals surface area contributed by atoms with Gasteiger partial charge in [-0.1, -0.05) is 41.0 Å². The summed E-state index contributed by atoms with van der Waals surface area (Å²) in [6.07, 6.45) is 7.01. The standard InChI is InChI=1S/C17H35NS/c1-6-18-16-13-14(3)9-10-15(16)17(4,5)11-8-12-19-7-2/h14-16,18H,6-13H2,1-5H3. The van der Waals surface area contributed by atoms with Crippen molar-refractivity contribution >= 4 is 11.8 Å². The quantitative estimate of drug-likeness (QED) is 0.633. The number of nitrogens with one attached hydrogen (secondary N) is 1. The molecular weight excluding hydrogens is 250 g/mol. The molecule has 114 valence electrons. The Bertz CT molecular complexity index is 239. The maximum Gasteiger partial charge on any atom is 0.0103 e.